The van der Waals surface area contributed by atoms with Gasteiger partial charge in [0.15, 0.2) is 11.6 Å². The van der Waals surface area contributed by atoms with Crippen molar-refractivity contribution in [1.29, 1.82) is 0 Å². The second kappa shape index (κ2) is 7.72. The molecule has 0 atom stereocenters. The number of carbonyl (C=O) groups is 2. The third-order valence-corrected chi connectivity index (χ3v) is 3.46. The van der Waals surface area contributed by atoms with Crippen LogP contribution in [0.15, 0.2) is 18.2 Å². The number of halogens is 2. The highest BCUT2D eigenvalue weighted by Crippen LogP contribution is 2.25. The van der Waals surface area contributed by atoms with Gasteiger partial charge in [0.05, 0.1) is 12.1 Å². The molecule has 0 aliphatic heterocycles. The lowest BCUT2D eigenvalue weighted by atomic mass is 10.2. The van der Waals surface area contributed by atoms with E-state index in [0.717, 1.165) is 6.07 Å². The molecule has 0 radical (unpaired) electrons. The molecule has 1 heterocycles. The maximum atomic E-state index is 14.0. The van der Waals surface area contributed by atoms with Gasteiger partial charge in [0.1, 0.15) is 11.3 Å². The molecule has 1 aromatic carbocycles. The number of alkyl carbamates (subject to hydrolysis) is 1. The van der Waals surface area contributed by atoms with E-state index in [-0.39, 0.29) is 30.8 Å². The van der Waals surface area contributed by atoms with Crippen molar-refractivity contribution in [2.75, 3.05) is 13.2 Å². The molecule has 0 unspecified atom stereocenters. The second-order valence-electron chi connectivity index (χ2n) is 6.62. The van der Waals surface area contributed by atoms with Crippen molar-refractivity contribution in [1.82, 2.24) is 9.88 Å². The minimum Gasteiger partial charge on any atom is -0.461 e. The van der Waals surface area contributed by atoms with Crippen LogP contribution in [0.3, 0.4) is 0 Å². The third kappa shape index (κ3) is 4.50. The van der Waals surface area contributed by atoms with Gasteiger partial charge in [0, 0.05) is 18.5 Å². The highest BCUT2D eigenvalue weighted by atomic mass is 19.2. The molecule has 26 heavy (non-hydrogen) atoms. The summed E-state index contributed by atoms with van der Waals surface area (Å²) in [5.74, 6) is -2.69. The van der Waals surface area contributed by atoms with Crippen LogP contribution in [-0.4, -0.2) is 35.4 Å². The van der Waals surface area contributed by atoms with Gasteiger partial charge in [-0.2, -0.15) is 0 Å². The van der Waals surface area contributed by atoms with E-state index in [1.807, 2.05) is 0 Å². The van der Waals surface area contributed by atoms with E-state index in [1.54, 1.807) is 27.7 Å². The van der Waals surface area contributed by atoms with Crippen LogP contribution in [0.25, 0.3) is 10.9 Å². The number of amides is 1. The Balaban J connectivity index is 2.26. The average Bonchev–Trinajstić information content (AvgIpc) is 2.89. The van der Waals surface area contributed by atoms with E-state index in [0.29, 0.717) is 5.52 Å². The summed E-state index contributed by atoms with van der Waals surface area (Å²) in [4.78, 5) is 23.9. The molecule has 0 saturated carbocycles. The van der Waals surface area contributed by atoms with E-state index >= 15 is 0 Å². The van der Waals surface area contributed by atoms with E-state index < -0.39 is 29.3 Å². The van der Waals surface area contributed by atoms with Crippen LogP contribution >= 0.6 is 0 Å². The first-order valence-corrected chi connectivity index (χ1v) is 8.25. The van der Waals surface area contributed by atoms with Crippen molar-refractivity contribution in [2.45, 2.75) is 39.8 Å². The molecule has 0 aliphatic rings. The van der Waals surface area contributed by atoms with Crippen molar-refractivity contribution in [3.63, 3.8) is 0 Å². The Morgan fingerprint density at radius 3 is 2.54 bits per heavy atom. The molecule has 8 heteroatoms. The Bertz CT molecular complexity index is 825. The first-order valence-electron chi connectivity index (χ1n) is 8.25. The monoisotopic (exact) mass is 368 g/mol. The summed E-state index contributed by atoms with van der Waals surface area (Å²) >= 11 is 0. The zero-order valence-corrected chi connectivity index (χ0v) is 15.2. The zero-order chi connectivity index (χ0) is 19.5. The smallest absolute Gasteiger partial charge is 0.407 e. The highest BCUT2D eigenvalue weighted by Gasteiger charge is 2.21. The Kier molecular flexibility index (Phi) is 5.84. The van der Waals surface area contributed by atoms with Crippen molar-refractivity contribution in [3.8, 4) is 0 Å². The standard InChI is InChI=1S/C18H22F2N2O4/c1-5-25-16(23)14-10-11-13(7-6-12(19)15(11)20)22(14)9-8-21-17(24)26-18(2,3)4/h6-7,10H,5,8-9H2,1-4H3,(H,21,24). The van der Waals surface area contributed by atoms with Crippen molar-refractivity contribution in [3.05, 3.63) is 35.5 Å². The van der Waals surface area contributed by atoms with Gasteiger partial charge in [-0.3, -0.25) is 0 Å². The molecule has 142 valence electrons. The second-order valence-corrected chi connectivity index (χ2v) is 6.62. The lowest BCUT2D eigenvalue weighted by molar-refractivity contribution is 0.0514. The number of ether oxygens (including phenoxy) is 2. The number of rotatable bonds is 5. The molecule has 0 aliphatic carbocycles. The molecular formula is C18H22F2N2O4. The largest absolute Gasteiger partial charge is 0.461 e. The van der Waals surface area contributed by atoms with Gasteiger partial charge in [-0.25, -0.2) is 18.4 Å². The molecule has 1 N–H and O–H groups in total. The molecule has 1 amide bonds. The van der Waals surface area contributed by atoms with E-state index in [1.165, 1.54) is 16.7 Å². The van der Waals surface area contributed by atoms with Crippen LogP contribution < -0.4 is 5.32 Å². The summed E-state index contributed by atoms with van der Waals surface area (Å²) in [7, 11) is 0. The maximum absolute atomic E-state index is 14.0. The van der Waals surface area contributed by atoms with Gasteiger partial charge in [-0.05, 0) is 45.9 Å². The number of fused-ring (bicyclic) bond motifs is 1. The first-order chi connectivity index (χ1) is 12.1. The summed E-state index contributed by atoms with van der Waals surface area (Å²) < 4.78 is 39.1. The highest BCUT2D eigenvalue weighted by molar-refractivity contribution is 5.96. The molecule has 0 bridgehead atoms. The number of carbonyl (C=O) groups excluding carboxylic acids is 2. The molecule has 6 nitrogen and oxygen atoms in total. The fourth-order valence-electron chi connectivity index (χ4n) is 2.47. The van der Waals surface area contributed by atoms with E-state index in [9.17, 15) is 18.4 Å². The predicted octanol–water partition coefficient (Wildman–Crippen LogP) is 3.62. The van der Waals surface area contributed by atoms with Crippen LogP contribution in [-0.2, 0) is 16.0 Å². The van der Waals surface area contributed by atoms with Crippen LogP contribution in [0.2, 0.25) is 0 Å². The van der Waals surface area contributed by atoms with Crippen molar-refractivity contribution in [2.24, 2.45) is 0 Å². The van der Waals surface area contributed by atoms with Crippen LogP contribution in [0, 0.1) is 11.6 Å². The molecule has 2 rings (SSSR count). The van der Waals surface area contributed by atoms with E-state index in [4.69, 9.17) is 9.47 Å². The third-order valence-electron chi connectivity index (χ3n) is 3.46. The number of hydrogen-bond donors (Lipinski definition) is 1. The Morgan fingerprint density at radius 2 is 1.92 bits per heavy atom. The van der Waals surface area contributed by atoms with Crippen LogP contribution in [0.1, 0.15) is 38.2 Å². The molecule has 0 fully saturated rings. The van der Waals surface area contributed by atoms with Gasteiger partial charge in [-0.15, -0.1) is 0 Å². The normalized spacial score (nSPS) is 11.5. The topological polar surface area (TPSA) is 69.6 Å². The van der Waals surface area contributed by atoms with Crippen LogP contribution in [0.4, 0.5) is 13.6 Å². The van der Waals surface area contributed by atoms with Gasteiger partial charge in [-0.1, -0.05) is 0 Å². The van der Waals surface area contributed by atoms with E-state index in [2.05, 4.69) is 5.32 Å². The molecule has 2 aromatic rings. The number of nitrogens with one attached hydrogen (secondary N) is 1. The maximum Gasteiger partial charge on any atom is 0.407 e. The molecule has 0 spiro atoms. The summed E-state index contributed by atoms with van der Waals surface area (Å²) in [6.45, 7) is 7.29. The summed E-state index contributed by atoms with van der Waals surface area (Å²) in [5.41, 5.74) is -0.226. The SMILES string of the molecule is CCOC(=O)c1cc2c(F)c(F)ccc2n1CCNC(=O)OC(C)(C)C. The minimum atomic E-state index is -1.04. The average molecular weight is 368 g/mol. The minimum absolute atomic E-state index is 0.0229. The summed E-state index contributed by atoms with van der Waals surface area (Å²) in [6, 6.07) is 3.62. The molecule has 0 saturated heterocycles. The van der Waals surface area contributed by atoms with Crippen molar-refractivity contribution < 1.29 is 27.8 Å². The number of esters is 1. The first kappa shape index (κ1) is 19.7. The van der Waals surface area contributed by atoms with Gasteiger partial charge >= 0.3 is 12.1 Å². The summed E-state index contributed by atoms with van der Waals surface area (Å²) in [6.07, 6.45) is -0.608. The lowest BCUT2D eigenvalue weighted by Crippen LogP contribution is -2.34. The number of benzene rings is 1. The number of hydrogen-bond acceptors (Lipinski definition) is 4. The van der Waals surface area contributed by atoms with Gasteiger partial charge < -0.3 is 19.4 Å². The van der Waals surface area contributed by atoms with Crippen molar-refractivity contribution >= 4 is 23.0 Å². The molecular weight excluding hydrogens is 346 g/mol. The zero-order valence-electron chi connectivity index (χ0n) is 15.2. The number of aromatic nitrogens is 1. The fourth-order valence-corrected chi connectivity index (χ4v) is 2.47. The quantitative estimate of drug-likeness (QED) is 0.819. The summed E-state index contributed by atoms with van der Waals surface area (Å²) in [5, 5.41) is 2.54. The number of nitrogens with zero attached hydrogens (tertiary/aromatic N) is 1. The Morgan fingerprint density at radius 1 is 1.23 bits per heavy atom. The van der Waals surface area contributed by atoms with Crippen LogP contribution in [0.5, 0.6) is 0 Å². The molecule has 1 aromatic heterocycles. The predicted molar refractivity (Wildman–Crippen MR) is 92.0 cm³/mol. The van der Waals surface area contributed by atoms with Gasteiger partial charge in [0.25, 0.3) is 0 Å². The Labute approximate surface area is 150 Å². The van der Waals surface area contributed by atoms with Gasteiger partial charge in [0.2, 0.25) is 0 Å². The lowest BCUT2D eigenvalue weighted by Gasteiger charge is -2.20. The Hall–Kier alpha value is -2.64. The fraction of sp³-hybridized carbons (Fsp3) is 0.444.